The number of aryl methyl sites for hydroxylation is 1. The average molecular weight is 457 g/mol. The predicted octanol–water partition coefficient (Wildman–Crippen LogP) is 4.12. The monoisotopic (exact) mass is 457 g/mol. The molecular formula is C21H14F3N5O2S. The average Bonchev–Trinajstić information content (AvgIpc) is 3.28. The maximum absolute atomic E-state index is 14.7. The van der Waals surface area contributed by atoms with Crippen LogP contribution in [0.4, 0.5) is 13.2 Å². The third-order valence-electron chi connectivity index (χ3n) is 4.51. The lowest BCUT2D eigenvalue weighted by Crippen LogP contribution is -2.24. The molecule has 0 atom stereocenters. The quantitative estimate of drug-likeness (QED) is 0.435. The topological polar surface area (TPSA) is 85.7 Å². The second-order valence-electron chi connectivity index (χ2n) is 6.69. The molecule has 2 aromatic carbocycles. The van der Waals surface area contributed by atoms with E-state index in [0.29, 0.717) is 15.8 Å². The molecule has 0 fully saturated rings. The summed E-state index contributed by atoms with van der Waals surface area (Å²) in [6.07, 6.45) is 1.24. The summed E-state index contributed by atoms with van der Waals surface area (Å²) in [5.74, 6) is -2.41. The number of nitriles is 1. The van der Waals surface area contributed by atoms with Crippen molar-refractivity contribution in [3.05, 3.63) is 86.9 Å². The lowest BCUT2D eigenvalue weighted by atomic mass is 10.2. The highest BCUT2D eigenvalue weighted by Crippen LogP contribution is 2.33. The van der Waals surface area contributed by atoms with E-state index >= 15 is 0 Å². The molecule has 2 aromatic heterocycles. The van der Waals surface area contributed by atoms with Crippen molar-refractivity contribution in [3.8, 4) is 22.6 Å². The second kappa shape index (κ2) is 8.68. The molecule has 0 aliphatic carbocycles. The molecule has 0 N–H and O–H groups in total. The van der Waals surface area contributed by atoms with Gasteiger partial charge in [-0.1, -0.05) is 17.4 Å². The van der Waals surface area contributed by atoms with Crippen LogP contribution in [0.1, 0.15) is 16.3 Å². The van der Waals surface area contributed by atoms with Crippen LogP contribution in [0, 0.1) is 35.7 Å². The first-order chi connectivity index (χ1) is 15.4. The molecular weight excluding hydrogens is 443 g/mol. The fourth-order valence-corrected chi connectivity index (χ4v) is 3.81. The second-order valence-corrected chi connectivity index (χ2v) is 7.73. The molecule has 2 heterocycles. The zero-order chi connectivity index (χ0) is 22.8. The number of benzene rings is 2. The van der Waals surface area contributed by atoms with Gasteiger partial charge in [0.15, 0.2) is 11.6 Å². The Kier molecular flexibility index (Phi) is 5.79. The SMILES string of the molecule is Cc1nc(CC#N)sc1Oc1ccc(-n2ncn(Cc3c(F)cccc3F)c2=O)cc1F. The molecule has 0 saturated heterocycles. The van der Waals surface area contributed by atoms with Crippen LogP contribution >= 0.6 is 11.3 Å². The van der Waals surface area contributed by atoms with Crippen molar-refractivity contribution in [2.75, 3.05) is 0 Å². The van der Waals surface area contributed by atoms with E-state index in [2.05, 4.69) is 10.1 Å². The number of ether oxygens (including phenoxy) is 1. The minimum atomic E-state index is -0.784. The molecule has 0 saturated carbocycles. The smallest absolute Gasteiger partial charge is 0.350 e. The fraction of sp³-hybridized carbons (Fsp3) is 0.143. The van der Waals surface area contributed by atoms with Gasteiger partial charge in [0, 0.05) is 11.6 Å². The van der Waals surface area contributed by atoms with Crippen LogP contribution in [0.25, 0.3) is 5.69 Å². The largest absolute Gasteiger partial charge is 0.442 e. The van der Waals surface area contributed by atoms with Gasteiger partial charge in [-0.05, 0) is 31.2 Å². The summed E-state index contributed by atoms with van der Waals surface area (Å²) in [5.41, 5.74) is -0.335. The fourth-order valence-electron chi connectivity index (χ4n) is 2.95. The summed E-state index contributed by atoms with van der Waals surface area (Å²) >= 11 is 1.14. The first-order valence-electron chi connectivity index (χ1n) is 9.25. The van der Waals surface area contributed by atoms with Crippen LogP contribution in [0.15, 0.2) is 47.5 Å². The Morgan fingerprint density at radius 3 is 2.59 bits per heavy atom. The van der Waals surface area contributed by atoms with Crippen molar-refractivity contribution in [1.29, 1.82) is 5.26 Å². The number of rotatable bonds is 6. The lowest BCUT2D eigenvalue weighted by molar-refractivity contribution is 0.448. The van der Waals surface area contributed by atoms with E-state index in [1.807, 2.05) is 6.07 Å². The normalized spacial score (nSPS) is 10.8. The summed E-state index contributed by atoms with van der Waals surface area (Å²) in [7, 11) is 0. The van der Waals surface area contributed by atoms with Crippen LogP contribution in [-0.4, -0.2) is 19.3 Å². The molecule has 0 unspecified atom stereocenters. The zero-order valence-electron chi connectivity index (χ0n) is 16.6. The van der Waals surface area contributed by atoms with Crippen molar-refractivity contribution in [2.45, 2.75) is 19.9 Å². The van der Waals surface area contributed by atoms with Gasteiger partial charge >= 0.3 is 5.69 Å². The van der Waals surface area contributed by atoms with Crippen LogP contribution in [0.2, 0.25) is 0 Å². The molecule has 0 amide bonds. The molecule has 4 aromatic rings. The third-order valence-corrected chi connectivity index (χ3v) is 5.55. The molecule has 0 aliphatic heterocycles. The van der Waals surface area contributed by atoms with Gasteiger partial charge < -0.3 is 4.74 Å². The van der Waals surface area contributed by atoms with Crippen molar-refractivity contribution >= 4 is 11.3 Å². The van der Waals surface area contributed by atoms with Crippen LogP contribution in [0.5, 0.6) is 10.8 Å². The maximum Gasteiger partial charge on any atom is 0.350 e. The van der Waals surface area contributed by atoms with E-state index < -0.39 is 23.1 Å². The Morgan fingerprint density at radius 2 is 1.91 bits per heavy atom. The summed E-state index contributed by atoms with van der Waals surface area (Å²) < 4.78 is 49.9. The standard InChI is InChI=1S/C21H14F3N5O2S/c1-12-20(32-19(27-12)7-8-25)31-18-6-5-13(9-17(18)24)29-21(30)28(11-26-29)10-14-15(22)3-2-4-16(14)23/h2-6,9,11H,7,10H2,1H3. The van der Waals surface area contributed by atoms with Gasteiger partial charge in [0.05, 0.1) is 30.4 Å². The highest BCUT2D eigenvalue weighted by Gasteiger charge is 2.16. The first-order valence-corrected chi connectivity index (χ1v) is 10.1. The molecule has 0 radical (unpaired) electrons. The Bertz CT molecular complexity index is 1380. The van der Waals surface area contributed by atoms with E-state index in [0.717, 1.165) is 45.1 Å². The molecule has 0 spiro atoms. The summed E-state index contributed by atoms with van der Waals surface area (Å²) in [4.78, 5) is 16.8. The number of hydrogen-bond donors (Lipinski definition) is 0. The van der Waals surface area contributed by atoms with Gasteiger partial charge in [-0.2, -0.15) is 15.0 Å². The minimum Gasteiger partial charge on any atom is -0.442 e. The molecule has 0 aliphatic rings. The Hall–Kier alpha value is -3.91. The van der Waals surface area contributed by atoms with E-state index in [1.165, 1.54) is 18.2 Å². The highest BCUT2D eigenvalue weighted by atomic mass is 32.1. The lowest BCUT2D eigenvalue weighted by Gasteiger charge is -2.07. The van der Waals surface area contributed by atoms with Gasteiger partial charge in [-0.15, -0.1) is 0 Å². The number of hydrogen-bond acceptors (Lipinski definition) is 6. The van der Waals surface area contributed by atoms with Crippen molar-refractivity contribution < 1.29 is 17.9 Å². The number of aromatic nitrogens is 4. The van der Waals surface area contributed by atoms with E-state index in [1.54, 1.807) is 6.92 Å². The third kappa shape index (κ3) is 4.13. The predicted molar refractivity (Wildman–Crippen MR) is 109 cm³/mol. The number of halogens is 3. The molecule has 7 nitrogen and oxygen atoms in total. The van der Waals surface area contributed by atoms with Crippen LogP contribution < -0.4 is 10.4 Å². The van der Waals surface area contributed by atoms with Gasteiger partial charge in [-0.25, -0.2) is 22.9 Å². The van der Waals surface area contributed by atoms with Crippen molar-refractivity contribution in [2.24, 2.45) is 0 Å². The zero-order valence-corrected chi connectivity index (χ0v) is 17.4. The molecule has 4 rings (SSSR count). The van der Waals surface area contributed by atoms with Gasteiger partial charge in [0.25, 0.3) is 0 Å². The maximum atomic E-state index is 14.7. The Labute approximate surface area is 183 Å². The Balaban J connectivity index is 1.59. The van der Waals surface area contributed by atoms with Gasteiger partial charge in [0.1, 0.15) is 23.0 Å². The summed E-state index contributed by atoms with van der Waals surface area (Å²) in [5, 5.41) is 13.6. The minimum absolute atomic E-state index is 0.0927. The van der Waals surface area contributed by atoms with Gasteiger partial charge in [-0.3, -0.25) is 4.57 Å². The van der Waals surface area contributed by atoms with Crippen LogP contribution in [-0.2, 0) is 13.0 Å². The van der Waals surface area contributed by atoms with Gasteiger partial charge in [0.2, 0.25) is 5.06 Å². The molecule has 0 bridgehead atoms. The number of thiazole rings is 1. The van der Waals surface area contributed by atoms with E-state index in [4.69, 9.17) is 10.00 Å². The van der Waals surface area contributed by atoms with Crippen molar-refractivity contribution in [3.63, 3.8) is 0 Å². The number of nitrogens with zero attached hydrogens (tertiary/aromatic N) is 5. The van der Waals surface area contributed by atoms with Crippen LogP contribution in [0.3, 0.4) is 0 Å². The Morgan fingerprint density at radius 1 is 1.16 bits per heavy atom. The highest BCUT2D eigenvalue weighted by molar-refractivity contribution is 7.13. The molecule has 11 heteroatoms. The first kappa shape index (κ1) is 21.3. The molecule has 162 valence electrons. The van der Waals surface area contributed by atoms with E-state index in [-0.39, 0.29) is 30.0 Å². The van der Waals surface area contributed by atoms with E-state index in [9.17, 15) is 18.0 Å². The summed E-state index contributed by atoms with van der Waals surface area (Å²) in [6, 6.07) is 9.22. The summed E-state index contributed by atoms with van der Waals surface area (Å²) in [6.45, 7) is 1.32. The molecule has 32 heavy (non-hydrogen) atoms. The van der Waals surface area contributed by atoms with Crippen molar-refractivity contribution in [1.82, 2.24) is 19.3 Å².